The fraction of sp³-hybridized carbons (Fsp3) is 1.00. The summed E-state index contributed by atoms with van der Waals surface area (Å²) in [6.07, 6.45) is 14.7. The van der Waals surface area contributed by atoms with Crippen molar-refractivity contribution in [3.8, 4) is 0 Å². The molecule has 0 amide bonds. The van der Waals surface area contributed by atoms with E-state index in [4.69, 9.17) is 14.6 Å². The van der Waals surface area contributed by atoms with Gasteiger partial charge in [-0.1, -0.05) is 64.7 Å². The monoisotopic (exact) mass is 300 g/mol. The van der Waals surface area contributed by atoms with Crippen molar-refractivity contribution in [3.63, 3.8) is 0 Å². The third-order valence-electron chi connectivity index (χ3n) is 4.36. The van der Waals surface area contributed by atoms with Gasteiger partial charge < -0.3 is 14.6 Å². The van der Waals surface area contributed by atoms with E-state index in [1.165, 1.54) is 64.2 Å². The lowest BCUT2D eigenvalue weighted by Crippen LogP contribution is -2.12. The summed E-state index contributed by atoms with van der Waals surface area (Å²) in [4.78, 5) is 0. The number of hydrogen-bond acceptors (Lipinski definition) is 3. The smallest absolute Gasteiger partial charge is 0.0810 e. The molecule has 21 heavy (non-hydrogen) atoms. The fourth-order valence-corrected chi connectivity index (χ4v) is 2.96. The third kappa shape index (κ3) is 10.3. The minimum Gasteiger partial charge on any atom is -0.394 e. The van der Waals surface area contributed by atoms with E-state index < -0.39 is 0 Å². The molecule has 1 aliphatic rings. The summed E-state index contributed by atoms with van der Waals surface area (Å²) in [5.41, 5.74) is 0. The van der Waals surface area contributed by atoms with Crippen LogP contribution in [0.2, 0.25) is 0 Å². The Morgan fingerprint density at radius 3 is 2.14 bits per heavy atom. The number of rotatable bonds is 14. The Labute approximate surface area is 131 Å². The number of aliphatic hydroxyl groups is 1. The zero-order valence-corrected chi connectivity index (χ0v) is 14.0. The number of unbranched alkanes of at least 4 members (excludes halogenated alkanes) is 9. The summed E-state index contributed by atoms with van der Waals surface area (Å²) in [6, 6.07) is 0. The molecule has 0 radical (unpaired) electrons. The second kappa shape index (κ2) is 13.5. The van der Waals surface area contributed by atoms with Crippen molar-refractivity contribution in [2.75, 3.05) is 26.4 Å². The lowest BCUT2D eigenvalue weighted by molar-refractivity contribution is 0.0508. The molecule has 0 bridgehead atoms. The molecule has 1 N–H and O–H groups in total. The Bertz CT molecular complexity index is 221. The van der Waals surface area contributed by atoms with Gasteiger partial charge in [0, 0.05) is 12.5 Å². The quantitative estimate of drug-likeness (QED) is 0.486. The Kier molecular flexibility index (Phi) is 12.2. The first-order valence-corrected chi connectivity index (χ1v) is 9.17. The highest BCUT2D eigenvalue weighted by molar-refractivity contribution is 4.72. The van der Waals surface area contributed by atoms with Gasteiger partial charge in [0.25, 0.3) is 0 Å². The molecular formula is C18H36O3. The van der Waals surface area contributed by atoms with Crippen LogP contribution in [0.4, 0.5) is 0 Å². The number of aliphatic hydroxyl groups excluding tert-OH is 1. The predicted molar refractivity (Wildman–Crippen MR) is 87.6 cm³/mol. The van der Waals surface area contributed by atoms with Gasteiger partial charge in [-0.05, 0) is 12.8 Å². The molecular weight excluding hydrogens is 264 g/mol. The van der Waals surface area contributed by atoms with E-state index in [1.807, 2.05) is 0 Å². The van der Waals surface area contributed by atoms with Crippen LogP contribution in [0.1, 0.15) is 77.6 Å². The molecule has 1 saturated heterocycles. The molecule has 0 aliphatic carbocycles. The van der Waals surface area contributed by atoms with Crippen molar-refractivity contribution in [1.82, 2.24) is 0 Å². The summed E-state index contributed by atoms with van der Waals surface area (Å²) in [6.45, 7) is 4.86. The number of ether oxygens (including phenoxy) is 2. The molecule has 126 valence electrons. The summed E-state index contributed by atoms with van der Waals surface area (Å²) in [7, 11) is 0. The number of hydrogen-bond donors (Lipinski definition) is 1. The van der Waals surface area contributed by atoms with Crippen LogP contribution in [-0.4, -0.2) is 37.6 Å². The molecule has 2 atom stereocenters. The zero-order valence-electron chi connectivity index (χ0n) is 14.0. The van der Waals surface area contributed by atoms with Gasteiger partial charge in [-0.3, -0.25) is 0 Å². The first-order valence-electron chi connectivity index (χ1n) is 9.17. The Morgan fingerprint density at radius 1 is 0.952 bits per heavy atom. The molecule has 3 nitrogen and oxygen atoms in total. The predicted octanol–water partition coefficient (Wildman–Crippen LogP) is 4.32. The first kappa shape index (κ1) is 18.9. The van der Waals surface area contributed by atoms with Gasteiger partial charge in [0.2, 0.25) is 0 Å². The van der Waals surface area contributed by atoms with E-state index in [0.717, 1.165) is 26.2 Å². The summed E-state index contributed by atoms with van der Waals surface area (Å²) in [5, 5.41) is 8.99. The zero-order chi connectivity index (χ0) is 15.2. The van der Waals surface area contributed by atoms with Crippen molar-refractivity contribution in [2.45, 2.75) is 83.7 Å². The molecule has 1 fully saturated rings. The topological polar surface area (TPSA) is 38.7 Å². The molecule has 0 spiro atoms. The van der Waals surface area contributed by atoms with Crippen molar-refractivity contribution in [1.29, 1.82) is 0 Å². The maximum absolute atomic E-state index is 8.99. The minimum absolute atomic E-state index is 0.0518. The van der Waals surface area contributed by atoms with Crippen LogP contribution in [-0.2, 0) is 9.47 Å². The van der Waals surface area contributed by atoms with Crippen LogP contribution in [0, 0.1) is 5.92 Å². The molecule has 0 aromatic heterocycles. The fourth-order valence-electron chi connectivity index (χ4n) is 2.96. The van der Waals surface area contributed by atoms with Gasteiger partial charge >= 0.3 is 0 Å². The standard InChI is InChI=1S/C18H36O3/c1-2-3-4-5-6-7-8-9-10-11-12-20-15-17-13-18(14-19)21-16-17/h17-19H,2-16H2,1H3/t17-,18-/m1/s1. The Balaban J connectivity index is 1.73. The minimum atomic E-state index is 0.0518. The highest BCUT2D eigenvalue weighted by atomic mass is 16.5. The molecule has 0 saturated carbocycles. The van der Waals surface area contributed by atoms with E-state index in [0.29, 0.717) is 5.92 Å². The molecule has 1 heterocycles. The van der Waals surface area contributed by atoms with Crippen molar-refractivity contribution < 1.29 is 14.6 Å². The lowest BCUT2D eigenvalue weighted by Gasteiger charge is -2.09. The van der Waals surface area contributed by atoms with Gasteiger partial charge in [-0.25, -0.2) is 0 Å². The molecule has 0 aromatic carbocycles. The van der Waals surface area contributed by atoms with Crippen LogP contribution >= 0.6 is 0 Å². The van der Waals surface area contributed by atoms with Crippen LogP contribution in [0.3, 0.4) is 0 Å². The second-order valence-corrected chi connectivity index (χ2v) is 6.50. The normalized spacial score (nSPS) is 22.0. The maximum atomic E-state index is 8.99. The average Bonchev–Trinajstić information content (AvgIpc) is 2.96. The molecule has 3 heteroatoms. The first-order chi connectivity index (χ1) is 10.4. The Hall–Kier alpha value is -0.120. The maximum Gasteiger partial charge on any atom is 0.0810 e. The molecule has 1 rings (SSSR count). The second-order valence-electron chi connectivity index (χ2n) is 6.50. The van der Waals surface area contributed by atoms with Crippen LogP contribution in [0.5, 0.6) is 0 Å². The van der Waals surface area contributed by atoms with Crippen molar-refractivity contribution >= 4 is 0 Å². The van der Waals surface area contributed by atoms with Gasteiger partial charge in [0.15, 0.2) is 0 Å². The van der Waals surface area contributed by atoms with Gasteiger partial charge in [0.1, 0.15) is 0 Å². The molecule has 0 aromatic rings. The lowest BCUT2D eigenvalue weighted by atomic mass is 10.1. The van der Waals surface area contributed by atoms with Crippen LogP contribution in [0.25, 0.3) is 0 Å². The Morgan fingerprint density at radius 2 is 1.57 bits per heavy atom. The molecule has 1 aliphatic heterocycles. The largest absolute Gasteiger partial charge is 0.394 e. The molecule has 0 unspecified atom stereocenters. The highest BCUT2D eigenvalue weighted by Gasteiger charge is 2.24. The van der Waals surface area contributed by atoms with Crippen LogP contribution < -0.4 is 0 Å². The summed E-state index contributed by atoms with van der Waals surface area (Å²) in [5.74, 6) is 0.491. The average molecular weight is 300 g/mol. The van der Waals surface area contributed by atoms with E-state index in [2.05, 4.69) is 6.92 Å². The van der Waals surface area contributed by atoms with E-state index in [9.17, 15) is 0 Å². The van der Waals surface area contributed by atoms with Gasteiger partial charge in [-0.2, -0.15) is 0 Å². The van der Waals surface area contributed by atoms with Gasteiger partial charge in [0.05, 0.1) is 25.9 Å². The van der Waals surface area contributed by atoms with Crippen LogP contribution in [0.15, 0.2) is 0 Å². The highest BCUT2D eigenvalue weighted by Crippen LogP contribution is 2.19. The summed E-state index contributed by atoms with van der Waals surface area (Å²) < 4.78 is 11.2. The SMILES string of the molecule is CCCCCCCCCCCCOC[C@@H]1CO[C@@H](CO)C1. The third-order valence-corrected chi connectivity index (χ3v) is 4.36. The van der Waals surface area contributed by atoms with Crippen molar-refractivity contribution in [2.24, 2.45) is 5.92 Å². The van der Waals surface area contributed by atoms with Gasteiger partial charge in [-0.15, -0.1) is 0 Å². The van der Waals surface area contributed by atoms with E-state index >= 15 is 0 Å². The summed E-state index contributed by atoms with van der Waals surface area (Å²) >= 11 is 0. The van der Waals surface area contributed by atoms with Crippen molar-refractivity contribution in [3.05, 3.63) is 0 Å². The van der Waals surface area contributed by atoms with E-state index in [-0.39, 0.29) is 12.7 Å². The van der Waals surface area contributed by atoms with E-state index in [1.54, 1.807) is 0 Å².